The van der Waals surface area contributed by atoms with Crippen LogP contribution >= 0.6 is 11.6 Å². The van der Waals surface area contributed by atoms with E-state index in [0.29, 0.717) is 25.0 Å². The largest absolute Gasteiger partial charge is 0.388 e. The standard InChI is InChI=1S/C11H14ClFO2/c1-15-7-3-6-10(14)8-4-2-5-9(13)11(8)12/h2,4-5,10,14H,3,6-7H2,1H3. The lowest BCUT2D eigenvalue weighted by Crippen LogP contribution is -2.01. The molecule has 0 saturated heterocycles. The molecule has 0 aliphatic heterocycles. The third-order valence-corrected chi connectivity index (χ3v) is 2.57. The fourth-order valence-electron chi connectivity index (χ4n) is 1.35. The van der Waals surface area contributed by atoms with E-state index >= 15 is 0 Å². The minimum atomic E-state index is -0.733. The van der Waals surface area contributed by atoms with E-state index in [-0.39, 0.29) is 5.02 Å². The summed E-state index contributed by atoms with van der Waals surface area (Å²) in [6, 6.07) is 4.44. The lowest BCUT2D eigenvalue weighted by molar-refractivity contribution is 0.136. The van der Waals surface area contributed by atoms with Crippen LogP contribution in [0.25, 0.3) is 0 Å². The van der Waals surface area contributed by atoms with E-state index in [1.54, 1.807) is 13.2 Å². The molecule has 0 bridgehead atoms. The highest BCUT2D eigenvalue weighted by atomic mass is 35.5. The molecule has 0 fully saturated rings. The van der Waals surface area contributed by atoms with Crippen LogP contribution in [0.3, 0.4) is 0 Å². The Balaban J connectivity index is 2.65. The van der Waals surface area contributed by atoms with Crippen LogP contribution in [0.2, 0.25) is 5.02 Å². The van der Waals surface area contributed by atoms with Gasteiger partial charge in [-0.3, -0.25) is 0 Å². The molecular weight excluding hydrogens is 219 g/mol. The Morgan fingerprint density at radius 2 is 2.27 bits per heavy atom. The van der Waals surface area contributed by atoms with Crippen LogP contribution in [-0.2, 0) is 4.74 Å². The lowest BCUT2D eigenvalue weighted by Gasteiger charge is -2.12. The Morgan fingerprint density at radius 3 is 2.93 bits per heavy atom. The van der Waals surface area contributed by atoms with Gasteiger partial charge in [-0.2, -0.15) is 0 Å². The SMILES string of the molecule is COCCCC(O)c1cccc(F)c1Cl. The van der Waals surface area contributed by atoms with Gasteiger partial charge in [-0.25, -0.2) is 4.39 Å². The molecule has 1 rings (SSSR count). The first kappa shape index (κ1) is 12.4. The molecule has 0 heterocycles. The average molecular weight is 233 g/mol. The Kier molecular flexibility index (Phi) is 5.02. The van der Waals surface area contributed by atoms with Crippen molar-refractivity contribution in [2.45, 2.75) is 18.9 Å². The predicted molar refractivity (Wildman–Crippen MR) is 57.5 cm³/mol. The number of hydrogen-bond donors (Lipinski definition) is 1. The maximum absolute atomic E-state index is 13.1. The van der Waals surface area contributed by atoms with Crippen LogP contribution in [0.4, 0.5) is 4.39 Å². The van der Waals surface area contributed by atoms with E-state index < -0.39 is 11.9 Å². The van der Waals surface area contributed by atoms with E-state index in [2.05, 4.69) is 0 Å². The molecule has 84 valence electrons. The van der Waals surface area contributed by atoms with Gasteiger partial charge in [-0.05, 0) is 18.9 Å². The smallest absolute Gasteiger partial charge is 0.142 e. The van der Waals surface area contributed by atoms with Crippen molar-refractivity contribution in [3.8, 4) is 0 Å². The van der Waals surface area contributed by atoms with E-state index in [1.165, 1.54) is 12.1 Å². The van der Waals surface area contributed by atoms with Gasteiger partial charge in [-0.15, -0.1) is 0 Å². The first-order valence-corrected chi connectivity index (χ1v) is 5.15. The summed E-state index contributed by atoms with van der Waals surface area (Å²) in [7, 11) is 1.60. The zero-order chi connectivity index (χ0) is 11.3. The molecule has 0 aromatic heterocycles. The van der Waals surface area contributed by atoms with Crippen LogP contribution < -0.4 is 0 Å². The molecule has 0 aliphatic carbocycles. The minimum Gasteiger partial charge on any atom is -0.388 e. The summed E-state index contributed by atoms with van der Waals surface area (Å²) in [5, 5.41) is 9.75. The molecule has 0 aliphatic rings. The molecule has 0 saturated carbocycles. The zero-order valence-electron chi connectivity index (χ0n) is 8.54. The Morgan fingerprint density at radius 1 is 1.53 bits per heavy atom. The summed E-state index contributed by atoms with van der Waals surface area (Å²) in [5.74, 6) is -0.500. The molecule has 1 N–H and O–H groups in total. The number of halogens is 2. The summed E-state index contributed by atoms with van der Waals surface area (Å²) < 4.78 is 17.9. The van der Waals surface area contributed by atoms with Crippen LogP contribution in [0.15, 0.2) is 18.2 Å². The first-order valence-electron chi connectivity index (χ1n) is 4.77. The maximum atomic E-state index is 13.1. The third kappa shape index (κ3) is 3.45. The first-order chi connectivity index (χ1) is 7.16. The highest BCUT2D eigenvalue weighted by molar-refractivity contribution is 6.31. The molecule has 15 heavy (non-hydrogen) atoms. The second kappa shape index (κ2) is 6.05. The van der Waals surface area contributed by atoms with Crippen LogP contribution in [-0.4, -0.2) is 18.8 Å². The summed E-state index contributed by atoms with van der Waals surface area (Å²) in [6.45, 7) is 0.573. The van der Waals surface area contributed by atoms with Crippen molar-refractivity contribution in [1.82, 2.24) is 0 Å². The number of benzene rings is 1. The van der Waals surface area contributed by atoms with Crippen molar-refractivity contribution in [2.24, 2.45) is 0 Å². The van der Waals surface area contributed by atoms with Crippen LogP contribution in [0.5, 0.6) is 0 Å². The number of aliphatic hydroxyl groups excluding tert-OH is 1. The van der Waals surface area contributed by atoms with Gasteiger partial charge in [0.15, 0.2) is 0 Å². The molecule has 1 aromatic carbocycles. The summed E-state index contributed by atoms with van der Waals surface area (Å²) in [6.07, 6.45) is 0.491. The van der Waals surface area contributed by atoms with Gasteiger partial charge in [0.1, 0.15) is 5.82 Å². The lowest BCUT2D eigenvalue weighted by atomic mass is 10.1. The van der Waals surface area contributed by atoms with Crippen molar-refractivity contribution >= 4 is 11.6 Å². The van der Waals surface area contributed by atoms with Crippen molar-refractivity contribution in [3.63, 3.8) is 0 Å². The molecule has 1 unspecified atom stereocenters. The summed E-state index contributed by atoms with van der Waals surface area (Å²) in [5.41, 5.74) is 0.438. The van der Waals surface area contributed by atoms with Crippen LogP contribution in [0.1, 0.15) is 24.5 Å². The zero-order valence-corrected chi connectivity index (χ0v) is 9.30. The number of hydrogen-bond acceptors (Lipinski definition) is 2. The van der Waals surface area contributed by atoms with E-state index in [1.807, 2.05) is 0 Å². The van der Waals surface area contributed by atoms with Crippen molar-refractivity contribution < 1.29 is 14.2 Å². The van der Waals surface area contributed by atoms with Gasteiger partial charge < -0.3 is 9.84 Å². The number of methoxy groups -OCH3 is 1. The number of ether oxygens (including phenoxy) is 1. The average Bonchev–Trinajstić information content (AvgIpc) is 2.22. The molecule has 0 spiro atoms. The van der Waals surface area contributed by atoms with Gasteiger partial charge in [0.2, 0.25) is 0 Å². The van der Waals surface area contributed by atoms with Crippen molar-refractivity contribution in [1.29, 1.82) is 0 Å². The summed E-state index contributed by atoms with van der Waals surface area (Å²) in [4.78, 5) is 0. The maximum Gasteiger partial charge on any atom is 0.142 e. The van der Waals surface area contributed by atoms with E-state index in [9.17, 15) is 9.50 Å². The van der Waals surface area contributed by atoms with Crippen LogP contribution in [0, 0.1) is 5.82 Å². The minimum absolute atomic E-state index is 0.00224. The fourth-order valence-corrected chi connectivity index (χ4v) is 1.61. The molecule has 4 heteroatoms. The normalized spacial score (nSPS) is 12.8. The molecule has 1 aromatic rings. The number of aliphatic hydroxyl groups is 1. The van der Waals surface area contributed by atoms with Gasteiger partial charge in [0, 0.05) is 19.3 Å². The second-order valence-corrected chi connectivity index (χ2v) is 3.67. The summed E-state index contributed by atoms with van der Waals surface area (Å²) >= 11 is 5.73. The second-order valence-electron chi connectivity index (χ2n) is 3.29. The molecule has 1 atom stereocenters. The highest BCUT2D eigenvalue weighted by Crippen LogP contribution is 2.27. The molecule has 0 radical (unpaired) electrons. The predicted octanol–water partition coefficient (Wildman–Crippen LogP) is 2.94. The molecule has 2 nitrogen and oxygen atoms in total. The Labute approximate surface area is 93.6 Å². The van der Waals surface area contributed by atoms with Crippen molar-refractivity contribution in [3.05, 3.63) is 34.6 Å². The van der Waals surface area contributed by atoms with Gasteiger partial charge in [0.25, 0.3) is 0 Å². The van der Waals surface area contributed by atoms with Gasteiger partial charge >= 0.3 is 0 Å². The quantitative estimate of drug-likeness (QED) is 0.791. The van der Waals surface area contributed by atoms with Crippen molar-refractivity contribution in [2.75, 3.05) is 13.7 Å². The number of rotatable bonds is 5. The monoisotopic (exact) mass is 232 g/mol. The van der Waals surface area contributed by atoms with Gasteiger partial charge in [0.05, 0.1) is 11.1 Å². The highest BCUT2D eigenvalue weighted by Gasteiger charge is 2.13. The topological polar surface area (TPSA) is 29.5 Å². The molecule has 0 amide bonds. The Hall–Kier alpha value is -0.640. The fraction of sp³-hybridized carbons (Fsp3) is 0.455. The molecular formula is C11H14ClFO2. The van der Waals surface area contributed by atoms with E-state index in [4.69, 9.17) is 16.3 Å². The Bertz CT molecular complexity index is 317. The van der Waals surface area contributed by atoms with Gasteiger partial charge in [-0.1, -0.05) is 23.7 Å². The van der Waals surface area contributed by atoms with E-state index in [0.717, 1.165) is 0 Å². The third-order valence-electron chi connectivity index (χ3n) is 2.17.